The van der Waals surface area contributed by atoms with Crippen LogP contribution in [-0.2, 0) is 9.59 Å². The van der Waals surface area contributed by atoms with Gasteiger partial charge in [-0.25, -0.2) is 0 Å². The number of anilines is 2. The highest BCUT2D eigenvalue weighted by atomic mass is 16.2. The lowest BCUT2D eigenvalue weighted by atomic mass is 10.1. The van der Waals surface area contributed by atoms with Crippen molar-refractivity contribution in [3.05, 3.63) is 72.3 Å². The summed E-state index contributed by atoms with van der Waals surface area (Å²) in [6.07, 6.45) is 0.237. The molecule has 4 nitrogen and oxygen atoms in total. The molecule has 1 aliphatic heterocycles. The van der Waals surface area contributed by atoms with Crippen molar-refractivity contribution in [3.63, 3.8) is 0 Å². The Labute approximate surface area is 152 Å². The maximum atomic E-state index is 12.6. The van der Waals surface area contributed by atoms with Crippen molar-refractivity contribution in [1.82, 2.24) is 0 Å². The van der Waals surface area contributed by atoms with E-state index in [0.717, 1.165) is 27.7 Å². The molecule has 1 fully saturated rings. The molecule has 3 aromatic rings. The summed E-state index contributed by atoms with van der Waals surface area (Å²) >= 11 is 0. The van der Waals surface area contributed by atoms with E-state index in [1.54, 1.807) is 4.90 Å². The molecule has 1 atom stereocenters. The number of rotatable bonds is 3. The zero-order valence-corrected chi connectivity index (χ0v) is 14.6. The van der Waals surface area contributed by atoms with Crippen LogP contribution in [0.2, 0.25) is 0 Å². The van der Waals surface area contributed by atoms with Crippen LogP contribution in [0.3, 0.4) is 0 Å². The molecule has 4 rings (SSSR count). The van der Waals surface area contributed by atoms with Gasteiger partial charge in [-0.05, 0) is 36.1 Å². The second-order valence-electron chi connectivity index (χ2n) is 6.76. The standard InChI is InChI=1S/C22H20N2O2/c1-15-6-4-9-18(12-15)23-22(26)17-13-21(25)24(14-17)20-11-5-8-16-7-2-3-10-19(16)20/h2-12,17H,13-14H2,1H3,(H,23,26)/t17-/m0/s1. The van der Waals surface area contributed by atoms with E-state index in [1.165, 1.54) is 0 Å². The van der Waals surface area contributed by atoms with Crippen molar-refractivity contribution >= 4 is 34.0 Å². The van der Waals surface area contributed by atoms with E-state index in [0.29, 0.717) is 6.54 Å². The Morgan fingerprint density at radius 2 is 1.81 bits per heavy atom. The molecule has 0 bridgehead atoms. The molecular formula is C22H20N2O2. The Balaban J connectivity index is 1.56. The Morgan fingerprint density at radius 3 is 2.65 bits per heavy atom. The molecule has 0 aromatic heterocycles. The zero-order valence-electron chi connectivity index (χ0n) is 14.6. The van der Waals surface area contributed by atoms with E-state index in [4.69, 9.17) is 0 Å². The van der Waals surface area contributed by atoms with Gasteiger partial charge in [0.2, 0.25) is 11.8 Å². The first-order chi connectivity index (χ1) is 12.6. The molecule has 2 amide bonds. The number of nitrogens with one attached hydrogen (secondary N) is 1. The molecule has 0 aliphatic carbocycles. The monoisotopic (exact) mass is 344 g/mol. The molecular weight excluding hydrogens is 324 g/mol. The Bertz CT molecular complexity index is 991. The zero-order chi connectivity index (χ0) is 18.1. The van der Waals surface area contributed by atoms with Crippen LogP contribution >= 0.6 is 0 Å². The molecule has 1 heterocycles. The first-order valence-corrected chi connectivity index (χ1v) is 8.77. The third-order valence-electron chi connectivity index (χ3n) is 4.84. The number of aryl methyl sites for hydroxylation is 1. The smallest absolute Gasteiger partial charge is 0.229 e. The predicted molar refractivity (Wildman–Crippen MR) is 104 cm³/mol. The van der Waals surface area contributed by atoms with Crippen LogP contribution in [0.4, 0.5) is 11.4 Å². The van der Waals surface area contributed by atoms with Gasteiger partial charge in [0.05, 0.1) is 11.6 Å². The molecule has 4 heteroatoms. The van der Waals surface area contributed by atoms with Crippen LogP contribution in [0, 0.1) is 12.8 Å². The van der Waals surface area contributed by atoms with Crippen LogP contribution in [-0.4, -0.2) is 18.4 Å². The molecule has 0 unspecified atom stereocenters. The van der Waals surface area contributed by atoms with Crippen LogP contribution in [0.15, 0.2) is 66.7 Å². The first-order valence-electron chi connectivity index (χ1n) is 8.77. The number of benzene rings is 3. The van der Waals surface area contributed by atoms with Gasteiger partial charge in [0.25, 0.3) is 0 Å². The molecule has 0 spiro atoms. The van der Waals surface area contributed by atoms with Crippen LogP contribution in [0.1, 0.15) is 12.0 Å². The van der Waals surface area contributed by atoms with Gasteiger partial charge in [0.1, 0.15) is 0 Å². The number of nitrogens with zero attached hydrogens (tertiary/aromatic N) is 1. The molecule has 1 aliphatic rings. The Hall–Kier alpha value is -3.14. The molecule has 1 saturated heterocycles. The highest BCUT2D eigenvalue weighted by Crippen LogP contribution is 2.32. The summed E-state index contributed by atoms with van der Waals surface area (Å²) in [5.74, 6) is -0.459. The Morgan fingerprint density at radius 1 is 1.04 bits per heavy atom. The van der Waals surface area contributed by atoms with Crippen molar-refractivity contribution in [1.29, 1.82) is 0 Å². The number of fused-ring (bicyclic) bond motifs is 1. The number of carbonyl (C=O) groups is 2. The van der Waals surface area contributed by atoms with Crippen LogP contribution in [0.5, 0.6) is 0 Å². The molecule has 130 valence electrons. The van der Waals surface area contributed by atoms with Gasteiger partial charge in [-0.3, -0.25) is 9.59 Å². The minimum absolute atomic E-state index is 0.00857. The maximum Gasteiger partial charge on any atom is 0.229 e. The van der Waals surface area contributed by atoms with Crippen molar-refractivity contribution in [3.8, 4) is 0 Å². The summed E-state index contributed by atoms with van der Waals surface area (Å²) in [5, 5.41) is 5.06. The normalized spacial score (nSPS) is 16.9. The molecule has 0 saturated carbocycles. The summed E-state index contributed by atoms with van der Waals surface area (Å²) in [6, 6.07) is 21.6. The van der Waals surface area contributed by atoms with E-state index in [-0.39, 0.29) is 24.2 Å². The van der Waals surface area contributed by atoms with E-state index in [2.05, 4.69) is 5.32 Å². The summed E-state index contributed by atoms with van der Waals surface area (Å²) < 4.78 is 0. The molecule has 26 heavy (non-hydrogen) atoms. The molecule has 0 radical (unpaired) electrons. The summed E-state index contributed by atoms with van der Waals surface area (Å²) in [4.78, 5) is 26.9. The van der Waals surface area contributed by atoms with E-state index in [9.17, 15) is 9.59 Å². The third kappa shape index (κ3) is 3.06. The van der Waals surface area contributed by atoms with E-state index in [1.807, 2.05) is 73.7 Å². The van der Waals surface area contributed by atoms with Gasteiger partial charge in [-0.15, -0.1) is 0 Å². The maximum absolute atomic E-state index is 12.6. The van der Waals surface area contributed by atoms with Gasteiger partial charge in [-0.1, -0.05) is 48.5 Å². The van der Waals surface area contributed by atoms with Gasteiger partial charge in [0.15, 0.2) is 0 Å². The largest absolute Gasteiger partial charge is 0.326 e. The van der Waals surface area contributed by atoms with E-state index < -0.39 is 0 Å². The van der Waals surface area contributed by atoms with Gasteiger partial charge >= 0.3 is 0 Å². The predicted octanol–water partition coefficient (Wildman–Crippen LogP) is 4.14. The number of hydrogen-bond donors (Lipinski definition) is 1. The van der Waals surface area contributed by atoms with Crippen molar-refractivity contribution in [2.75, 3.05) is 16.8 Å². The SMILES string of the molecule is Cc1cccc(NC(=O)[C@H]2CC(=O)N(c3cccc4ccccc34)C2)c1. The van der Waals surface area contributed by atoms with E-state index >= 15 is 0 Å². The fraction of sp³-hybridized carbons (Fsp3) is 0.182. The quantitative estimate of drug-likeness (QED) is 0.776. The number of amides is 2. The second-order valence-corrected chi connectivity index (χ2v) is 6.76. The van der Waals surface area contributed by atoms with Gasteiger partial charge in [-0.2, -0.15) is 0 Å². The third-order valence-corrected chi connectivity index (χ3v) is 4.84. The average Bonchev–Trinajstić information content (AvgIpc) is 3.03. The van der Waals surface area contributed by atoms with Crippen molar-refractivity contribution in [2.45, 2.75) is 13.3 Å². The Kier molecular flexibility index (Phi) is 4.17. The highest BCUT2D eigenvalue weighted by molar-refractivity contribution is 6.08. The lowest BCUT2D eigenvalue weighted by Crippen LogP contribution is -2.28. The number of carbonyl (C=O) groups excluding carboxylic acids is 2. The second kappa shape index (κ2) is 6.64. The van der Waals surface area contributed by atoms with Gasteiger partial charge < -0.3 is 10.2 Å². The molecule has 1 N–H and O–H groups in total. The topological polar surface area (TPSA) is 49.4 Å². The minimum atomic E-state index is -0.345. The fourth-order valence-electron chi connectivity index (χ4n) is 3.53. The summed E-state index contributed by atoms with van der Waals surface area (Å²) in [6.45, 7) is 2.39. The summed E-state index contributed by atoms with van der Waals surface area (Å²) in [7, 11) is 0. The lowest BCUT2D eigenvalue weighted by molar-refractivity contribution is -0.122. The van der Waals surface area contributed by atoms with Crippen LogP contribution in [0.25, 0.3) is 10.8 Å². The average molecular weight is 344 g/mol. The molecule has 3 aromatic carbocycles. The first kappa shape index (κ1) is 16.3. The fourth-order valence-corrected chi connectivity index (χ4v) is 3.53. The van der Waals surface area contributed by atoms with Crippen LogP contribution < -0.4 is 10.2 Å². The minimum Gasteiger partial charge on any atom is -0.326 e. The lowest BCUT2D eigenvalue weighted by Gasteiger charge is -2.19. The van der Waals surface area contributed by atoms with Crippen molar-refractivity contribution in [2.24, 2.45) is 5.92 Å². The highest BCUT2D eigenvalue weighted by Gasteiger charge is 2.35. The van der Waals surface area contributed by atoms with Crippen molar-refractivity contribution < 1.29 is 9.59 Å². The van der Waals surface area contributed by atoms with Gasteiger partial charge in [0, 0.05) is 24.0 Å². The number of hydrogen-bond acceptors (Lipinski definition) is 2. The summed E-state index contributed by atoms with van der Waals surface area (Å²) in [5.41, 5.74) is 2.73.